The molecule has 1 aromatic heterocycles. The second-order valence-electron chi connectivity index (χ2n) is 9.25. The Morgan fingerprint density at radius 1 is 1.16 bits per heavy atom. The van der Waals surface area contributed by atoms with Crippen LogP contribution in [0.4, 0.5) is 5.69 Å². The van der Waals surface area contributed by atoms with Gasteiger partial charge in [-0.15, -0.1) is 0 Å². The van der Waals surface area contributed by atoms with Gasteiger partial charge in [0.15, 0.2) is 11.5 Å². The highest BCUT2D eigenvalue weighted by Gasteiger charge is 2.30. The number of anilines is 1. The van der Waals surface area contributed by atoms with Crippen molar-refractivity contribution in [3.05, 3.63) is 48.2 Å². The van der Waals surface area contributed by atoms with Gasteiger partial charge in [0.25, 0.3) is 5.91 Å². The molecule has 1 unspecified atom stereocenters. The van der Waals surface area contributed by atoms with Crippen LogP contribution >= 0.6 is 0 Å². The topological polar surface area (TPSA) is 119 Å². The maximum Gasteiger partial charge on any atom is 0.329 e. The van der Waals surface area contributed by atoms with Crippen LogP contribution in [0.1, 0.15) is 51.6 Å². The van der Waals surface area contributed by atoms with Gasteiger partial charge < -0.3 is 29.3 Å². The van der Waals surface area contributed by atoms with Crippen LogP contribution in [0.25, 0.3) is 10.8 Å². The Bertz CT molecular complexity index is 1350. The molecule has 38 heavy (non-hydrogen) atoms. The van der Waals surface area contributed by atoms with E-state index < -0.39 is 17.9 Å². The van der Waals surface area contributed by atoms with Crippen molar-refractivity contribution in [3.8, 4) is 17.4 Å². The monoisotopic (exact) mass is 523 g/mol. The molecule has 0 saturated heterocycles. The Hall–Kier alpha value is -4.21. The van der Waals surface area contributed by atoms with E-state index >= 15 is 0 Å². The highest BCUT2D eigenvalue weighted by molar-refractivity contribution is 6.05. The number of benzene rings is 2. The summed E-state index contributed by atoms with van der Waals surface area (Å²) in [6.45, 7) is 4.92. The van der Waals surface area contributed by atoms with Crippen molar-refractivity contribution in [2.75, 3.05) is 25.6 Å². The number of ether oxygens (including phenoxy) is 2. The van der Waals surface area contributed by atoms with E-state index in [1.54, 1.807) is 30.0 Å². The number of rotatable bonds is 10. The molecule has 1 atom stereocenters. The zero-order chi connectivity index (χ0) is 27.4. The highest BCUT2D eigenvalue weighted by atomic mass is 16.7. The van der Waals surface area contributed by atoms with Crippen molar-refractivity contribution in [1.82, 2.24) is 9.63 Å². The average Bonchev–Trinajstić information content (AvgIpc) is 3.68. The maximum absolute atomic E-state index is 12.5. The molecule has 0 bridgehead atoms. The third-order valence-electron chi connectivity index (χ3n) is 6.45. The lowest BCUT2D eigenvalue weighted by atomic mass is 10.0. The van der Waals surface area contributed by atoms with Gasteiger partial charge in [-0.05, 0) is 49.9 Å². The number of hydrogen-bond acceptors (Lipinski definition) is 7. The molecule has 0 aliphatic heterocycles. The molecule has 3 aromatic rings. The van der Waals surface area contributed by atoms with E-state index in [4.69, 9.17) is 14.3 Å². The number of aromatic nitrogens is 1. The molecule has 2 N–H and O–H groups in total. The number of aromatic hydroxyl groups is 1. The molecular weight excluding hydrogens is 490 g/mol. The van der Waals surface area contributed by atoms with Gasteiger partial charge in [0.2, 0.25) is 11.8 Å². The summed E-state index contributed by atoms with van der Waals surface area (Å²) < 4.78 is 12.9. The summed E-state index contributed by atoms with van der Waals surface area (Å²) in [5.41, 5.74) is 1.31. The Morgan fingerprint density at radius 3 is 2.55 bits per heavy atom. The molecule has 4 rings (SSSR count). The quantitative estimate of drug-likeness (QED) is 0.378. The first-order valence-corrected chi connectivity index (χ1v) is 12.6. The molecule has 10 heteroatoms. The van der Waals surface area contributed by atoms with E-state index in [0.717, 1.165) is 28.9 Å². The third kappa shape index (κ3) is 5.85. The Kier molecular flexibility index (Phi) is 8.09. The second-order valence-corrected chi connectivity index (χ2v) is 9.25. The van der Waals surface area contributed by atoms with E-state index in [1.165, 1.54) is 13.8 Å². The maximum atomic E-state index is 12.5. The summed E-state index contributed by atoms with van der Waals surface area (Å²) in [5.74, 6) is -0.0111. The number of hydroxylamine groups is 2. The minimum absolute atomic E-state index is 0.0114. The summed E-state index contributed by atoms with van der Waals surface area (Å²) in [4.78, 5) is 41.2. The first kappa shape index (κ1) is 26.8. The van der Waals surface area contributed by atoms with Gasteiger partial charge in [-0.2, -0.15) is 5.06 Å². The second kappa shape index (κ2) is 11.5. The minimum atomic E-state index is -0.606. The molecule has 1 aliphatic rings. The first-order chi connectivity index (χ1) is 18.2. The molecule has 10 nitrogen and oxygen atoms in total. The first-order valence-electron chi connectivity index (χ1n) is 12.6. The van der Waals surface area contributed by atoms with Crippen molar-refractivity contribution >= 4 is 34.2 Å². The third-order valence-corrected chi connectivity index (χ3v) is 6.45. The lowest BCUT2D eigenvalue weighted by molar-refractivity contribution is -0.195. The van der Waals surface area contributed by atoms with Crippen LogP contribution in [-0.2, 0) is 19.2 Å². The Labute approximate surface area is 221 Å². The molecule has 1 aliphatic carbocycles. The normalized spacial score (nSPS) is 13.6. The fourth-order valence-corrected chi connectivity index (χ4v) is 4.49. The van der Waals surface area contributed by atoms with Crippen molar-refractivity contribution < 1.29 is 33.8 Å². The van der Waals surface area contributed by atoms with Gasteiger partial charge in [0.05, 0.1) is 37.4 Å². The molecule has 0 spiro atoms. The van der Waals surface area contributed by atoms with Gasteiger partial charge in [0, 0.05) is 31.3 Å². The van der Waals surface area contributed by atoms with Crippen LogP contribution in [0.3, 0.4) is 0 Å². The summed E-state index contributed by atoms with van der Waals surface area (Å²) in [5, 5.41) is 16.7. The molecule has 1 fully saturated rings. The summed E-state index contributed by atoms with van der Waals surface area (Å²) >= 11 is 0. The van der Waals surface area contributed by atoms with Crippen LogP contribution in [0.15, 0.2) is 42.6 Å². The number of carbonyl (C=O) groups is 3. The number of methoxy groups -OCH3 is 1. The van der Waals surface area contributed by atoms with Gasteiger partial charge in [-0.25, -0.2) is 0 Å². The average molecular weight is 524 g/mol. The summed E-state index contributed by atoms with van der Waals surface area (Å²) in [7, 11) is 1.56. The standard InChI is InChI=1S/C28H33N3O7/c1-5-37-25-15-20(11-12-24(25)36-4)23(13-14-31(17(2)32)38-18(3)33)30-16-21-7-6-8-22(26(21)28(30)35)29-27(34)19-9-10-19/h6-8,11-12,15-16,19,23,35H,5,9-10,13-14H2,1-4H3,(H,29,34). The summed E-state index contributed by atoms with van der Waals surface area (Å²) in [6.07, 6.45) is 3.83. The Balaban J connectivity index is 1.77. The molecule has 1 saturated carbocycles. The number of carbonyl (C=O) groups excluding carboxylic acids is 3. The van der Waals surface area contributed by atoms with Gasteiger partial charge in [0.1, 0.15) is 0 Å². The van der Waals surface area contributed by atoms with E-state index in [2.05, 4.69) is 5.32 Å². The highest BCUT2D eigenvalue weighted by Crippen LogP contribution is 2.41. The summed E-state index contributed by atoms with van der Waals surface area (Å²) in [6, 6.07) is 10.4. The lowest BCUT2D eigenvalue weighted by Gasteiger charge is -2.25. The Morgan fingerprint density at radius 2 is 1.92 bits per heavy atom. The van der Waals surface area contributed by atoms with E-state index in [1.807, 2.05) is 31.2 Å². The zero-order valence-corrected chi connectivity index (χ0v) is 22.0. The number of nitrogens with zero attached hydrogens (tertiary/aromatic N) is 2. The van der Waals surface area contributed by atoms with Crippen LogP contribution < -0.4 is 14.8 Å². The SMILES string of the molecule is CCOc1cc(C(CCN(OC(C)=O)C(C)=O)n2cc3cccc(NC(=O)C4CC4)c3c2O)ccc1OC. The fourth-order valence-electron chi connectivity index (χ4n) is 4.49. The molecule has 1 heterocycles. The van der Waals surface area contributed by atoms with Gasteiger partial charge in [-0.3, -0.25) is 14.4 Å². The van der Waals surface area contributed by atoms with Gasteiger partial charge >= 0.3 is 5.97 Å². The van der Waals surface area contributed by atoms with Crippen molar-refractivity contribution in [2.24, 2.45) is 5.92 Å². The van der Waals surface area contributed by atoms with Crippen molar-refractivity contribution in [1.29, 1.82) is 0 Å². The van der Waals surface area contributed by atoms with E-state index in [9.17, 15) is 19.5 Å². The van der Waals surface area contributed by atoms with Crippen LogP contribution in [0.5, 0.6) is 17.4 Å². The molecule has 2 amide bonds. The molecule has 2 aromatic carbocycles. The van der Waals surface area contributed by atoms with Crippen LogP contribution in [0, 0.1) is 5.92 Å². The van der Waals surface area contributed by atoms with E-state index in [-0.39, 0.29) is 24.2 Å². The number of hydrogen-bond donors (Lipinski definition) is 2. The fraction of sp³-hybridized carbons (Fsp3) is 0.393. The van der Waals surface area contributed by atoms with Crippen LogP contribution in [-0.4, -0.2) is 52.8 Å². The lowest BCUT2D eigenvalue weighted by Crippen LogP contribution is -2.33. The predicted molar refractivity (Wildman–Crippen MR) is 141 cm³/mol. The smallest absolute Gasteiger partial charge is 0.329 e. The van der Waals surface area contributed by atoms with E-state index in [0.29, 0.717) is 35.6 Å². The zero-order valence-electron chi connectivity index (χ0n) is 22.0. The molecular formula is C28H33N3O7. The molecule has 202 valence electrons. The predicted octanol–water partition coefficient (Wildman–Crippen LogP) is 4.41. The minimum Gasteiger partial charge on any atom is -0.494 e. The number of nitrogens with one attached hydrogen (secondary N) is 1. The van der Waals surface area contributed by atoms with Crippen molar-refractivity contribution in [2.45, 2.75) is 46.1 Å². The molecule has 0 radical (unpaired) electrons. The number of fused-ring (bicyclic) bond motifs is 1. The van der Waals surface area contributed by atoms with Gasteiger partial charge in [-0.1, -0.05) is 18.2 Å². The number of amides is 2. The van der Waals surface area contributed by atoms with Crippen LogP contribution in [0.2, 0.25) is 0 Å². The van der Waals surface area contributed by atoms with Crippen molar-refractivity contribution in [3.63, 3.8) is 0 Å². The largest absolute Gasteiger partial charge is 0.494 e.